The van der Waals surface area contributed by atoms with E-state index in [1.807, 2.05) is 5.38 Å². The highest BCUT2D eigenvalue weighted by Gasteiger charge is 2.41. The Bertz CT molecular complexity index is 938. The number of nitrogens with one attached hydrogen (secondary N) is 1. The van der Waals surface area contributed by atoms with Crippen LogP contribution in [0, 0.1) is 0 Å². The standard InChI is InChI=1S/C21H25N5O3S/c1-29-10-9-23-20(22)25-21-24-17(12-30-21)13-5-4-6-14(11-13)26-18(27)15-7-2-3-8-16(15)19(26)28/h2-3,7-8,12-14H,4-6,9-11H2,1H3,(H3,22,23,24,25). The Morgan fingerprint density at radius 2 is 2.03 bits per heavy atom. The summed E-state index contributed by atoms with van der Waals surface area (Å²) >= 11 is 1.47. The molecule has 1 aliphatic carbocycles. The van der Waals surface area contributed by atoms with Crippen LogP contribution >= 0.6 is 11.3 Å². The van der Waals surface area contributed by atoms with Crippen molar-refractivity contribution in [1.82, 2.24) is 9.88 Å². The third kappa shape index (κ3) is 4.08. The molecule has 1 aromatic heterocycles. The number of benzene rings is 1. The molecule has 2 amide bonds. The lowest BCUT2D eigenvalue weighted by Crippen LogP contribution is -2.42. The van der Waals surface area contributed by atoms with Gasteiger partial charge in [-0.2, -0.15) is 0 Å². The summed E-state index contributed by atoms with van der Waals surface area (Å²) in [4.78, 5) is 36.0. The number of methoxy groups -OCH3 is 1. The molecule has 0 spiro atoms. The predicted octanol–water partition coefficient (Wildman–Crippen LogP) is 2.84. The molecule has 1 fully saturated rings. The predicted molar refractivity (Wildman–Crippen MR) is 116 cm³/mol. The number of aromatic nitrogens is 1. The largest absolute Gasteiger partial charge is 0.383 e. The first kappa shape index (κ1) is 20.5. The van der Waals surface area contributed by atoms with Gasteiger partial charge in [0.05, 0.1) is 30.0 Å². The number of carbonyl (C=O) groups is 2. The van der Waals surface area contributed by atoms with Crippen molar-refractivity contribution in [2.24, 2.45) is 10.7 Å². The summed E-state index contributed by atoms with van der Waals surface area (Å²) in [6.45, 7) is 0.991. The summed E-state index contributed by atoms with van der Waals surface area (Å²) in [6, 6.07) is 6.95. The molecular formula is C21H25N5O3S. The van der Waals surface area contributed by atoms with Gasteiger partial charge < -0.3 is 15.8 Å². The SMILES string of the molecule is COCCN=C(N)Nc1nc(C2CCCC(N3C(=O)c4ccccc4C3=O)C2)cs1. The molecule has 0 radical (unpaired) electrons. The van der Waals surface area contributed by atoms with Gasteiger partial charge in [-0.05, 0) is 31.4 Å². The Hall–Kier alpha value is -2.78. The highest BCUT2D eigenvalue weighted by atomic mass is 32.1. The number of guanidine groups is 1. The van der Waals surface area contributed by atoms with Crippen molar-refractivity contribution < 1.29 is 14.3 Å². The van der Waals surface area contributed by atoms with E-state index in [0.717, 1.165) is 31.4 Å². The van der Waals surface area contributed by atoms with Crippen LogP contribution in [0.2, 0.25) is 0 Å². The van der Waals surface area contributed by atoms with Crippen LogP contribution in [0.15, 0.2) is 34.6 Å². The van der Waals surface area contributed by atoms with Gasteiger partial charge in [0.25, 0.3) is 11.8 Å². The number of aliphatic imine (C=N–C) groups is 1. The van der Waals surface area contributed by atoms with Crippen LogP contribution in [0.25, 0.3) is 0 Å². The van der Waals surface area contributed by atoms with Crippen LogP contribution in [0.3, 0.4) is 0 Å². The van der Waals surface area contributed by atoms with Gasteiger partial charge >= 0.3 is 0 Å². The van der Waals surface area contributed by atoms with E-state index in [1.165, 1.54) is 16.2 Å². The maximum Gasteiger partial charge on any atom is 0.261 e. The molecule has 2 heterocycles. The van der Waals surface area contributed by atoms with E-state index >= 15 is 0 Å². The fourth-order valence-electron chi connectivity index (χ4n) is 4.14. The van der Waals surface area contributed by atoms with E-state index < -0.39 is 0 Å². The van der Waals surface area contributed by atoms with Crippen molar-refractivity contribution in [2.45, 2.75) is 37.6 Å². The number of nitrogens with zero attached hydrogens (tertiary/aromatic N) is 3. The molecule has 2 atom stereocenters. The first-order valence-electron chi connectivity index (χ1n) is 10.1. The van der Waals surface area contributed by atoms with Gasteiger partial charge in [0.15, 0.2) is 11.1 Å². The number of ether oxygens (including phenoxy) is 1. The monoisotopic (exact) mass is 427 g/mol. The van der Waals surface area contributed by atoms with Crippen molar-refractivity contribution in [3.05, 3.63) is 46.5 Å². The summed E-state index contributed by atoms with van der Waals surface area (Å²) < 4.78 is 4.96. The molecule has 30 heavy (non-hydrogen) atoms. The molecule has 8 nitrogen and oxygen atoms in total. The lowest BCUT2D eigenvalue weighted by Gasteiger charge is -2.33. The molecule has 158 valence electrons. The van der Waals surface area contributed by atoms with Crippen LogP contribution in [-0.2, 0) is 4.74 Å². The fraction of sp³-hybridized carbons (Fsp3) is 0.429. The van der Waals surface area contributed by atoms with E-state index in [-0.39, 0.29) is 23.8 Å². The lowest BCUT2D eigenvalue weighted by atomic mass is 9.83. The Balaban J connectivity index is 1.43. The minimum Gasteiger partial charge on any atom is -0.383 e. The second kappa shape index (κ2) is 8.93. The molecule has 2 aliphatic rings. The molecule has 3 N–H and O–H groups in total. The lowest BCUT2D eigenvalue weighted by molar-refractivity contribution is 0.0539. The summed E-state index contributed by atoms with van der Waals surface area (Å²) in [5.41, 5.74) is 7.86. The third-order valence-electron chi connectivity index (χ3n) is 5.59. The minimum atomic E-state index is -0.179. The van der Waals surface area contributed by atoms with E-state index in [0.29, 0.717) is 35.4 Å². The van der Waals surface area contributed by atoms with Crippen molar-refractivity contribution in [3.63, 3.8) is 0 Å². The molecule has 1 aliphatic heterocycles. The number of amides is 2. The van der Waals surface area contributed by atoms with Gasteiger partial charge in [0.2, 0.25) is 0 Å². The normalized spacial score (nSPS) is 21.8. The first-order valence-corrected chi connectivity index (χ1v) is 10.9. The minimum absolute atomic E-state index is 0.102. The van der Waals surface area contributed by atoms with Gasteiger partial charge in [-0.25, -0.2) is 4.98 Å². The zero-order chi connectivity index (χ0) is 21.1. The second-order valence-corrected chi connectivity index (χ2v) is 8.36. The molecular weight excluding hydrogens is 402 g/mol. The molecule has 2 aromatic rings. The van der Waals surface area contributed by atoms with Gasteiger partial charge in [-0.15, -0.1) is 11.3 Å². The average Bonchev–Trinajstić information content (AvgIpc) is 3.32. The Morgan fingerprint density at radius 1 is 1.30 bits per heavy atom. The molecule has 2 unspecified atom stereocenters. The van der Waals surface area contributed by atoms with Crippen molar-refractivity contribution in [2.75, 3.05) is 25.6 Å². The number of thiazole rings is 1. The molecule has 1 aromatic carbocycles. The highest BCUT2D eigenvalue weighted by molar-refractivity contribution is 7.13. The zero-order valence-electron chi connectivity index (χ0n) is 16.8. The maximum absolute atomic E-state index is 12.8. The number of fused-ring (bicyclic) bond motifs is 1. The molecule has 0 saturated heterocycles. The smallest absolute Gasteiger partial charge is 0.261 e. The van der Waals surface area contributed by atoms with Crippen LogP contribution in [0.4, 0.5) is 5.13 Å². The van der Waals surface area contributed by atoms with E-state index in [9.17, 15) is 9.59 Å². The number of imide groups is 1. The number of hydrogen-bond donors (Lipinski definition) is 2. The second-order valence-electron chi connectivity index (χ2n) is 7.51. The molecule has 9 heteroatoms. The summed E-state index contributed by atoms with van der Waals surface area (Å²) in [7, 11) is 1.62. The molecule has 0 bridgehead atoms. The number of carbonyl (C=O) groups excluding carboxylic acids is 2. The first-order chi connectivity index (χ1) is 14.6. The Labute approximate surface area is 179 Å². The zero-order valence-corrected chi connectivity index (χ0v) is 17.7. The Kier molecular flexibility index (Phi) is 6.10. The van der Waals surface area contributed by atoms with E-state index in [1.54, 1.807) is 31.4 Å². The molecule has 4 rings (SSSR count). The quantitative estimate of drug-likeness (QED) is 0.317. The van der Waals surface area contributed by atoms with E-state index in [4.69, 9.17) is 10.5 Å². The van der Waals surface area contributed by atoms with Crippen LogP contribution in [-0.4, -0.2) is 54.0 Å². The van der Waals surface area contributed by atoms with E-state index in [2.05, 4.69) is 15.3 Å². The third-order valence-corrected chi connectivity index (χ3v) is 6.37. The molecule has 1 saturated carbocycles. The maximum atomic E-state index is 12.8. The number of hydrogen-bond acceptors (Lipinski definition) is 6. The van der Waals surface area contributed by atoms with Crippen molar-refractivity contribution >= 4 is 34.2 Å². The van der Waals surface area contributed by atoms with Crippen LogP contribution in [0.5, 0.6) is 0 Å². The van der Waals surface area contributed by atoms with Gasteiger partial charge in [-0.1, -0.05) is 18.6 Å². The van der Waals surface area contributed by atoms with Gasteiger partial charge in [-0.3, -0.25) is 19.5 Å². The van der Waals surface area contributed by atoms with Gasteiger partial charge in [0, 0.05) is 24.4 Å². The van der Waals surface area contributed by atoms with Gasteiger partial charge in [0.1, 0.15) is 0 Å². The van der Waals surface area contributed by atoms with Crippen molar-refractivity contribution in [1.29, 1.82) is 0 Å². The average molecular weight is 428 g/mol. The number of anilines is 1. The fourth-order valence-corrected chi connectivity index (χ4v) is 4.94. The summed E-state index contributed by atoms with van der Waals surface area (Å²) in [5, 5.41) is 5.71. The Morgan fingerprint density at radius 3 is 2.73 bits per heavy atom. The number of rotatable bonds is 6. The number of nitrogens with two attached hydrogens (primary N) is 1. The van der Waals surface area contributed by atoms with Crippen molar-refractivity contribution in [3.8, 4) is 0 Å². The summed E-state index contributed by atoms with van der Waals surface area (Å²) in [6.07, 6.45) is 3.49. The van der Waals surface area contributed by atoms with Crippen LogP contribution in [0.1, 0.15) is 58.0 Å². The highest BCUT2D eigenvalue weighted by Crippen LogP contribution is 2.38. The van der Waals surface area contributed by atoms with Crippen LogP contribution < -0.4 is 11.1 Å². The topological polar surface area (TPSA) is 110 Å². The summed E-state index contributed by atoms with van der Waals surface area (Å²) in [5.74, 6) is 0.149.